The topological polar surface area (TPSA) is 40.5 Å². The maximum absolute atomic E-state index is 10.8. The fourth-order valence-corrected chi connectivity index (χ4v) is 2.27. The summed E-state index contributed by atoms with van der Waals surface area (Å²) in [6.45, 7) is 8.28. The summed E-state index contributed by atoms with van der Waals surface area (Å²) in [7, 11) is 0. The highest BCUT2D eigenvalue weighted by atomic mass is 16.4. The molecule has 22 heavy (non-hydrogen) atoms. The van der Waals surface area contributed by atoms with E-state index < -0.39 is 5.97 Å². The lowest BCUT2D eigenvalue weighted by molar-refractivity contribution is -0.132. The van der Waals surface area contributed by atoms with Crippen molar-refractivity contribution in [3.8, 4) is 0 Å². The summed E-state index contributed by atoms with van der Waals surface area (Å²) < 4.78 is 0. The van der Waals surface area contributed by atoms with Gasteiger partial charge in [-0.2, -0.15) is 0 Å². The number of carboxylic acid groups (broad SMARTS) is 1. The van der Waals surface area contributed by atoms with Gasteiger partial charge in [0.25, 0.3) is 0 Å². The normalized spacial score (nSPS) is 11.5. The van der Waals surface area contributed by atoms with Crippen LogP contribution in [0.3, 0.4) is 0 Å². The van der Waals surface area contributed by atoms with Gasteiger partial charge in [-0.3, -0.25) is 0 Å². The first-order valence-electron chi connectivity index (χ1n) is 8.32. The van der Waals surface area contributed by atoms with E-state index in [0.717, 1.165) is 18.7 Å². The lowest BCUT2D eigenvalue weighted by Crippen LogP contribution is -2.25. The summed E-state index contributed by atoms with van der Waals surface area (Å²) in [6.07, 6.45) is 7.28. The Hall–Kier alpha value is -1.77. The molecular formula is C19H29NO2. The van der Waals surface area contributed by atoms with E-state index >= 15 is 0 Å². The van der Waals surface area contributed by atoms with Gasteiger partial charge in [-0.1, -0.05) is 44.9 Å². The Morgan fingerprint density at radius 2 is 1.64 bits per heavy atom. The molecule has 3 nitrogen and oxygen atoms in total. The van der Waals surface area contributed by atoms with Crippen LogP contribution in [0.5, 0.6) is 0 Å². The van der Waals surface area contributed by atoms with Crippen molar-refractivity contribution < 1.29 is 9.90 Å². The fourth-order valence-electron chi connectivity index (χ4n) is 2.27. The number of rotatable bonds is 10. The van der Waals surface area contributed by atoms with Crippen molar-refractivity contribution in [2.45, 2.75) is 52.9 Å². The van der Waals surface area contributed by atoms with Gasteiger partial charge in [-0.05, 0) is 43.9 Å². The summed E-state index contributed by atoms with van der Waals surface area (Å²) in [5.74, 6) is -0.845. The average Bonchev–Trinajstić information content (AvgIpc) is 2.53. The summed E-state index contributed by atoms with van der Waals surface area (Å²) in [5.41, 5.74) is 2.82. The first kappa shape index (κ1) is 18.3. The van der Waals surface area contributed by atoms with Gasteiger partial charge >= 0.3 is 5.97 Å². The number of hydrogen-bond donors (Lipinski definition) is 1. The van der Waals surface area contributed by atoms with Crippen LogP contribution in [0.25, 0.3) is 0 Å². The van der Waals surface area contributed by atoms with Crippen LogP contribution in [0.15, 0.2) is 35.9 Å². The Balaban J connectivity index is 2.71. The molecule has 1 N–H and O–H groups in total. The van der Waals surface area contributed by atoms with E-state index in [1.807, 2.05) is 0 Å². The predicted octanol–water partition coefficient (Wildman–Crippen LogP) is 4.67. The van der Waals surface area contributed by atoms with E-state index in [4.69, 9.17) is 5.11 Å². The van der Waals surface area contributed by atoms with Crippen molar-refractivity contribution in [1.82, 2.24) is 0 Å². The van der Waals surface area contributed by atoms with E-state index in [2.05, 4.69) is 43.0 Å². The highest BCUT2D eigenvalue weighted by Crippen LogP contribution is 2.17. The zero-order valence-electron chi connectivity index (χ0n) is 14.1. The maximum Gasteiger partial charge on any atom is 0.330 e. The van der Waals surface area contributed by atoms with E-state index in [1.54, 1.807) is 13.0 Å². The molecule has 0 aliphatic carbocycles. The second kappa shape index (κ2) is 10.0. The molecule has 0 aromatic heterocycles. The van der Waals surface area contributed by atoms with Crippen LogP contribution in [0, 0.1) is 0 Å². The number of carbonyl (C=O) groups is 1. The molecule has 0 aliphatic rings. The number of aliphatic carboxylic acids is 1. The van der Waals surface area contributed by atoms with Gasteiger partial charge in [0.2, 0.25) is 0 Å². The molecule has 0 unspecified atom stereocenters. The molecule has 0 aliphatic heterocycles. The number of benzene rings is 1. The third kappa shape index (κ3) is 6.33. The lowest BCUT2D eigenvalue weighted by Gasteiger charge is -2.25. The van der Waals surface area contributed by atoms with Crippen LogP contribution in [0.1, 0.15) is 52.0 Å². The smallest absolute Gasteiger partial charge is 0.330 e. The Labute approximate surface area is 134 Å². The van der Waals surface area contributed by atoms with E-state index in [0.29, 0.717) is 12.0 Å². The monoisotopic (exact) mass is 303 g/mol. The lowest BCUT2D eigenvalue weighted by atomic mass is 10.1. The van der Waals surface area contributed by atoms with Crippen molar-refractivity contribution >= 4 is 11.7 Å². The quantitative estimate of drug-likeness (QED) is 0.639. The molecule has 0 atom stereocenters. The summed E-state index contributed by atoms with van der Waals surface area (Å²) in [4.78, 5) is 13.2. The molecule has 0 radical (unpaired) electrons. The molecule has 0 saturated carbocycles. The molecule has 0 fully saturated rings. The van der Waals surface area contributed by atoms with Crippen LogP contribution in [0.4, 0.5) is 5.69 Å². The predicted molar refractivity (Wildman–Crippen MR) is 93.6 cm³/mol. The van der Waals surface area contributed by atoms with Crippen LogP contribution < -0.4 is 4.90 Å². The van der Waals surface area contributed by atoms with Gasteiger partial charge in [0.05, 0.1) is 0 Å². The Kier molecular flexibility index (Phi) is 8.34. The third-order valence-electron chi connectivity index (χ3n) is 3.85. The number of unbranched alkanes of at least 4 members (excludes halogenated alkanes) is 2. The summed E-state index contributed by atoms with van der Waals surface area (Å²) >= 11 is 0. The van der Waals surface area contributed by atoms with Crippen molar-refractivity contribution in [3.05, 3.63) is 41.5 Å². The second-order valence-electron chi connectivity index (χ2n) is 5.76. The number of nitrogens with zero attached hydrogens (tertiary/aromatic N) is 1. The fraction of sp³-hybridized carbons (Fsp3) is 0.526. The van der Waals surface area contributed by atoms with Crippen LogP contribution in [-0.2, 0) is 11.2 Å². The van der Waals surface area contributed by atoms with Gasteiger partial charge in [0.15, 0.2) is 0 Å². The molecule has 0 bridgehead atoms. The van der Waals surface area contributed by atoms with Gasteiger partial charge in [0, 0.05) is 24.4 Å². The van der Waals surface area contributed by atoms with Crippen molar-refractivity contribution in [2.75, 3.05) is 18.0 Å². The zero-order valence-corrected chi connectivity index (χ0v) is 14.1. The van der Waals surface area contributed by atoms with Crippen LogP contribution >= 0.6 is 0 Å². The third-order valence-corrected chi connectivity index (χ3v) is 3.85. The number of hydrogen-bond acceptors (Lipinski definition) is 2. The minimum Gasteiger partial charge on any atom is -0.478 e. The van der Waals surface area contributed by atoms with Crippen LogP contribution in [0.2, 0.25) is 0 Å². The minimum absolute atomic E-state index is 0.400. The SMILES string of the molecule is CCCCN(CCCC)c1ccc(CC=C(C)C(=O)O)cc1. The Morgan fingerprint density at radius 3 is 2.09 bits per heavy atom. The molecule has 0 saturated heterocycles. The van der Waals surface area contributed by atoms with Gasteiger partial charge < -0.3 is 10.0 Å². The number of carboxylic acids is 1. The van der Waals surface area contributed by atoms with Crippen molar-refractivity contribution in [2.24, 2.45) is 0 Å². The summed E-state index contributed by atoms with van der Waals surface area (Å²) in [6, 6.07) is 8.52. The average molecular weight is 303 g/mol. The molecule has 1 aromatic carbocycles. The van der Waals surface area contributed by atoms with Crippen molar-refractivity contribution in [3.63, 3.8) is 0 Å². The van der Waals surface area contributed by atoms with Crippen LogP contribution in [-0.4, -0.2) is 24.2 Å². The standard InChI is InChI=1S/C19H29NO2/c1-4-6-14-20(15-7-5-2)18-12-10-17(11-13-18)9-8-16(3)19(21)22/h8,10-13H,4-7,9,14-15H2,1-3H3,(H,21,22). The zero-order chi connectivity index (χ0) is 16.4. The minimum atomic E-state index is -0.845. The van der Waals surface area contributed by atoms with E-state index in [-0.39, 0.29) is 0 Å². The van der Waals surface area contributed by atoms with E-state index in [9.17, 15) is 4.79 Å². The number of anilines is 1. The number of allylic oxidation sites excluding steroid dienone is 1. The first-order valence-corrected chi connectivity index (χ1v) is 8.32. The largest absolute Gasteiger partial charge is 0.478 e. The molecule has 0 amide bonds. The molecular weight excluding hydrogens is 274 g/mol. The summed E-state index contributed by atoms with van der Waals surface area (Å²) in [5, 5.41) is 8.87. The molecule has 0 spiro atoms. The first-order chi connectivity index (χ1) is 10.6. The molecule has 3 heteroatoms. The van der Waals surface area contributed by atoms with Gasteiger partial charge in [0.1, 0.15) is 0 Å². The Morgan fingerprint density at radius 1 is 1.09 bits per heavy atom. The van der Waals surface area contributed by atoms with Crippen molar-refractivity contribution in [1.29, 1.82) is 0 Å². The van der Waals surface area contributed by atoms with Gasteiger partial charge in [-0.15, -0.1) is 0 Å². The molecule has 1 aromatic rings. The molecule has 1 rings (SSSR count). The highest BCUT2D eigenvalue weighted by Gasteiger charge is 2.05. The maximum atomic E-state index is 10.8. The highest BCUT2D eigenvalue weighted by molar-refractivity contribution is 5.85. The molecule has 122 valence electrons. The Bertz CT molecular complexity index is 469. The van der Waals surface area contributed by atoms with Gasteiger partial charge in [-0.25, -0.2) is 4.79 Å². The second-order valence-corrected chi connectivity index (χ2v) is 5.76. The molecule has 0 heterocycles. The van der Waals surface area contributed by atoms with E-state index in [1.165, 1.54) is 31.4 Å².